The van der Waals surface area contributed by atoms with E-state index in [9.17, 15) is 0 Å². The minimum atomic E-state index is 0.455. The number of aromatic nitrogens is 1. The zero-order chi connectivity index (χ0) is 16.8. The number of rotatable bonds is 6. The Balaban J connectivity index is 1.96. The van der Waals surface area contributed by atoms with Crippen LogP contribution in [0.15, 0.2) is 67.0 Å². The van der Waals surface area contributed by atoms with Crippen LogP contribution in [-0.2, 0) is 6.61 Å². The lowest BCUT2D eigenvalue weighted by atomic mass is 10.1. The average Bonchev–Trinajstić information content (AvgIpc) is 2.67. The lowest BCUT2D eigenvalue weighted by Gasteiger charge is -2.16. The molecule has 0 fully saturated rings. The van der Waals surface area contributed by atoms with E-state index in [1.54, 1.807) is 20.4 Å². The number of benzene rings is 2. The molecule has 0 spiro atoms. The second-order valence-corrected chi connectivity index (χ2v) is 5.23. The van der Waals surface area contributed by atoms with Gasteiger partial charge in [0.05, 0.1) is 14.2 Å². The predicted octanol–water partition coefficient (Wildman–Crippen LogP) is 4.34. The van der Waals surface area contributed by atoms with Crippen LogP contribution in [0.4, 0.5) is 0 Å². The molecule has 122 valence electrons. The maximum atomic E-state index is 5.99. The van der Waals surface area contributed by atoms with E-state index >= 15 is 0 Å². The van der Waals surface area contributed by atoms with Gasteiger partial charge in [0.1, 0.15) is 6.61 Å². The topological polar surface area (TPSA) is 40.6 Å². The molecule has 0 aliphatic heterocycles. The van der Waals surface area contributed by atoms with E-state index in [1.807, 2.05) is 60.8 Å². The van der Waals surface area contributed by atoms with E-state index in [0.717, 1.165) is 16.7 Å². The summed E-state index contributed by atoms with van der Waals surface area (Å²) in [5.74, 6) is 1.85. The van der Waals surface area contributed by atoms with Crippen LogP contribution in [0.2, 0.25) is 0 Å². The maximum Gasteiger partial charge on any atom is 0.203 e. The minimum absolute atomic E-state index is 0.455. The van der Waals surface area contributed by atoms with Gasteiger partial charge >= 0.3 is 0 Å². The molecule has 0 N–H and O–H groups in total. The first kappa shape index (κ1) is 15.9. The molecule has 0 bridgehead atoms. The van der Waals surface area contributed by atoms with Crippen LogP contribution < -0.4 is 14.2 Å². The summed E-state index contributed by atoms with van der Waals surface area (Å²) in [5, 5.41) is 0. The summed E-state index contributed by atoms with van der Waals surface area (Å²) < 4.78 is 16.9. The van der Waals surface area contributed by atoms with Crippen molar-refractivity contribution in [3.05, 3.63) is 72.6 Å². The van der Waals surface area contributed by atoms with Gasteiger partial charge in [-0.15, -0.1) is 0 Å². The van der Waals surface area contributed by atoms with Crippen molar-refractivity contribution < 1.29 is 14.2 Å². The highest BCUT2D eigenvalue weighted by molar-refractivity contribution is 5.70. The van der Waals surface area contributed by atoms with Gasteiger partial charge in [0.2, 0.25) is 5.75 Å². The Labute approximate surface area is 141 Å². The molecule has 0 amide bonds. The maximum absolute atomic E-state index is 5.99. The second-order valence-electron chi connectivity index (χ2n) is 5.23. The van der Waals surface area contributed by atoms with Crippen molar-refractivity contribution in [3.8, 4) is 28.4 Å². The number of hydrogen-bond donors (Lipinski definition) is 0. The first-order valence-electron chi connectivity index (χ1n) is 7.65. The third-order valence-corrected chi connectivity index (χ3v) is 3.68. The molecule has 3 rings (SSSR count). The number of methoxy groups -OCH3 is 2. The molecule has 0 unspecified atom stereocenters. The number of ether oxygens (including phenoxy) is 3. The van der Waals surface area contributed by atoms with Crippen molar-refractivity contribution in [1.82, 2.24) is 4.98 Å². The van der Waals surface area contributed by atoms with E-state index in [2.05, 4.69) is 4.98 Å². The third kappa shape index (κ3) is 3.49. The molecule has 0 atom stereocenters. The Kier molecular flexibility index (Phi) is 4.96. The summed E-state index contributed by atoms with van der Waals surface area (Å²) in [4.78, 5) is 4.17. The molecule has 4 nitrogen and oxygen atoms in total. The molecular weight excluding hydrogens is 302 g/mol. The molecule has 2 aromatic carbocycles. The lowest BCUT2D eigenvalue weighted by Crippen LogP contribution is -2.00. The normalized spacial score (nSPS) is 10.2. The smallest absolute Gasteiger partial charge is 0.203 e. The first-order chi connectivity index (χ1) is 11.8. The minimum Gasteiger partial charge on any atom is -0.493 e. The van der Waals surface area contributed by atoms with Gasteiger partial charge in [-0.25, -0.2) is 0 Å². The van der Waals surface area contributed by atoms with Crippen molar-refractivity contribution in [2.45, 2.75) is 6.61 Å². The fraction of sp³-hybridized carbons (Fsp3) is 0.150. The zero-order valence-corrected chi connectivity index (χ0v) is 13.7. The van der Waals surface area contributed by atoms with Gasteiger partial charge in [-0.3, -0.25) is 4.98 Å². The predicted molar refractivity (Wildman–Crippen MR) is 93.6 cm³/mol. The highest BCUT2D eigenvalue weighted by atomic mass is 16.5. The van der Waals surface area contributed by atoms with Crippen molar-refractivity contribution in [3.63, 3.8) is 0 Å². The van der Waals surface area contributed by atoms with Gasteiger partial charge < -0.3 is 14.2 Å². The number of pyridine rings is 1. The van der Waals surface area contributed by atoms with E-state index in [0.29, 0.717) is 23.9 Å². The highest BCUT2D eigenvalue weighted by Crippen LogP contribution is 2.41. The Morgan fingerprint density at radius 3 is 2.29 bits per heavy atom. The molecular formula is C20H19NO3. The van der Waals surface area contributed by atoms with E-state index in [-0.39, 0.29) is 0 Å². The Hall–Kier alpha value is -3.01. The molecule has 1 aromatic heterocycles. The van der Waals surface area contributed by atoms with Gasteiger partial charge in [-0.05, 0) is 29.3 Å². The van der Waals surface area contributed by atoms with Crippen LogP contribution in [0.3, 0.4) is 0 Å². The van der Waals surface area contributed by atoms with Crippen LogP contribution in [0, 0.1) is 0 Å². The number of nitrogens with zero attached hydrogens (tertiary/aromatic N) is 1. The van der Waals surface area contributed by atoms with Gasteiger partial charge in [-0.2, -0.15) is 0 Å². The lowest BCUT2D eigenvalue weighted by molar-refractivity contribution is 0.275. The van der Waals surface area contributed by atoms with Crippen LogP contribution in [-0.4, -0.2) is 19.2 Å². The van der Waals surface area contributed by atoms with Crippen molar-refractivity contribution in [1.29, 1.82) is 0 Å². The molecule has 0 aliphatic rings. The van der Waals surface area contributed by atoms with Crippen molar-refractivity contribution in [2.24, 2.45) is 0 Å². The molecule has 0 radical (unpaired) electrons. The Morgan fingerprint density at radius 2 is 1.62 bits per heavy atom. The largest absolute Gasteiger partial charge is 0.493 e. The summed E-state index contributed by atoms with van der Waals surface area (Å²) in [6.45, 7) is 0.455. The Bertz CT molecular complexity index is 789. The molecule has 0 aliphatic carbocycles. The van der Waals surface area contributed by atoms with Crippen molar-refractivity contribution in [2.75, 3.05) is 14.2 Å². The van der Waals surface area contributed by atoms with E-state index in [4.69, 9.17) is 14.2 Å². The van der Waals surface area contributed by atoms with Crippen LogP contribution >= 0.6 is 0 Å². The molecule has 4 heteroatoms. The zero-order valence-electron chi connectivity index (χ0n) is 13.7. The van der Waals surface area contributed by atoms with Crippen molar-refractivity contribution >= 4 is 0 Å². The van der Waals surface area contributed by atoms with Gasteiger partial charge in [0.25, 0.3) is 0 Å². The Morgan fingerprint density at radius 1 is 0.833 bits per heavy atom. The highest BCUT2D eigenvalue weighted by Gasteiger charge is 2.15. The molecule has 0 saturated heterocycles. The summed E-state index contributed by atoms with van der Waals surface area (Å²) in [5.41, 5.74) is 3.04. The third-order valence-electron chi connectivity index (χ3n) is 3.68. The summed E-state index contributed by atoms with van der Waals surface area (Å²) in [7, 11) is 3.23. The van der Waals surface area contributed by atoms with Crippen LogP contribution in [0.25, 0.3) is 11.1 Å². The molecule has 0 saturated carbocycles. The van der Waals surface area contributed by atoms with Gasteiger partial charge in [-0.1, -0.05) is 36.4 Å². The standard InChI is InChI=1S/C20H19NO3/c1-22-18-11-17(16-9-6-10-21-13-16)12-19(20(18)23-2)24-14-15-7-4-3-5-8-15/h3-13H,14H2,1-2H3. The molecule has 24 heavy (non-hydrogen) atoms. The van der Waals surface area contributed by atoms with Gasteiger partial charge in [0.15, 0.2) is 11.5 Å². The van der Waals surface area contributed by atoms with E-state index in [1.165, 1.54) is 0 Å². The monoisotopic (exact) mass is 321 g/mol. The first-order valence-corrected chi connectivity index (χ1v) is 7.65. The summed E-state index contributed by atoms with van der Waals surface area (Å²) >= 11 is 0. The molecule has 1 heterocycles. The SMILES string of the molecule is COc1cc(-c2cccnc2)cc(OCc2ccccc2)c1OC. The summed E-state index contributed by atoms with van der Waals surface area (Å²) in [6.07, 6.45) is 3.55. The van der Waals surface area contributed by atoms with Gasteiger partial charge in [0, 0.05) is 18.0 Å². The quantitative estimate of drug-likeness (QED) is 0.677. The fourth-order valence-corrected chi connectivity index (χ4v) is 2.47. The van der Waals surface area contributed by atoms with Crippen LogP contribution in [0.5, 0.6) is 17.2 Å². The second kappa shape index (κ2) is 7.51. The molecule has 3 aromatic rings. The number of hydrogen-bond acceptors (Lipinski definition) is 4. The fourth-order valence-electron chi connectivity index (χ4n) is 2.47. The van der Waals surface area contributed by atoms with E-state index < -0.39 is 0 Å². The average molecular weight is 321 g/mol. The summed E-state index contributed by atoms with van der Waals surface area (Å²) in [6, 6.07) is 17.8. The van der Waals surface area contributed by atoms with Crippen LogP contribution in [0.1, 0.15) is 5.56 Å².